The van der Waals surface area contributed by atoms with Gasteiger partial charge in [0.1, 0.15) is 29.2 Å². The maximum Gasteiger partial charge on any atom is 0.407 e. The number of amides is 1. The molecule has 1 amide bonds. The number of rotatable bonds is 8. The van der Waals surface area contributed by atoms with Gasteiger partial charge in [-0.2, -0.15) is 0 Å². The predicted octanol–water partition coefficient (Wildman–Crippen LogP) is 6.04. The molecule has 192 valence electrons. The second-order valence-corrected chi connectivity index (χ2v) is 9.16. The van der Waals surface area contributed by atoms with Crippen LogP contribution in [-0.4, -0.2) is 34.7 Å². The van der Waals surface area contributed by atoms with E-state index in [1.807, 2.05) is 48.5 Å². The average molecular weight is 533 g/mol. The molecule has 1 aliphatic rings. The molecule has 1 unspecified atom stereocenters. The minimum absolute atomic E-state index is 0.0104. The first-order valence-corrected chi connectivity index (χ1v) is 12.1. The number of benzene rings is 3. The number of carbonyl (C=O) groups excluding carboxylic acids is 1. The van der Waals surface area contributed by atoms with Crippen molar-refractivity contribution in [3.8, 4) is 22.5 Å². The number of hydrogen-bond acceptors (Lipinski definition) is 6. The fraction of sp³-hybridized carbons (Fsp3) is 0.143. The van der Waals surface area contributed by atoms with Gasteiger partial charge in [-0.15, -0.1) is 0 Å². The van der Waals surface area contributed by atoms with E-state index in [-0.39, 0.29) is 35.4 Å². The number of hydrogen-bond donors (Lipinski definition) is 2. The van der Waals surface area contributed by atoms with Gasteiger partial charge < -0.3 is 19.6 Å². The van der Waals surface area contributed by atoms with Gasteiger partial charge in [0.05, 0.1) is 4.92 Å². The van der Waals surface area contributed by atoms with Crippen LogP contribution in [0.25, 0.3) is 22.5 Å². The number of carboxylic acids is 1. The second kappa shape index (κ2) is 10.4. The molecule has 10 heteroatoms. The number of halogens is 1. The molecule has 2 N–H and O–H groups in total. The van der Waals surface area contributed by atoms with Crippen LogP contribution >= 0.6 is 11.6 Å². The van der Waals surface area contributed by atoms with Crippen molar-refractivity contribution >= 4 is 29.4 Å². The molecule has 3 aromatic carbocycles. The SMILES string of the molecule is O=C(NC(Cc1ccc(-c2ccc(Cl)c([N+](=O)[O-])c2)o1)C(=O)O)OCC1c2ccccc2-c2ccccc21. The van der Waals surface area contributed by atoms with Crippen molar-refractivity contribution in [2.24, 2.45) is 0 Å². The molecule has 9 nitrogen and oxygen atoms in total. The molecule has 1 aliphatic carbocycles. The number of carboxylic acid groups (broad SMARTS) is 1. The number of alkyl carbamates (subject to hydrolysis) is 1. The number of carbonyl (C=O) groups is 2. The summed E-state index contributed by atoms with van der Waals surface area (Å²) in [5.74, 6) is -0.861. The first-order chi connectivity index (χ1) is 18.3. The summed E-state index contributed by atoms with van der Waals surface area (Å²) in [4.78, 5) is 35.0. The highest BCUT2D eigenvalue weighted by Gasteiger charge is 2.30. The van der Waals surface area contributed by atoms with Crippen LogP contribution in [0.5, 0.6) is 0 Å². The predicted molar refractivity (Wildman–Crippen MR) is 139 cm³/mol. The lowest BCUT2D eigenvalue weighted by molar-refractivity contribution is -0.384. The molecular formula is C28H21ClN2O7. The van der Waals surface area contributed by atoms with Gasteiger partial charge in [-0.25, -0.2) is 9.59 Å². The van der Waals surface area contributed by atoms with Gasteiger partial charge in [-0.05, 0) is 46.5 Å². The summed E-state index contributed by atoms with van der Waals surface area (Å²) in [6.07, 6.45) is -1.02. The van der Waals surface area contributed by atoms with Crippen molar-refractivity contribution in [3.63, 3.8) is 0 Å². The molecule has 1 atom stereocenters. The Hall–Kier alpha value is -4.63. The lowest BCUT2D eigenvalue weighted by atomic mass is 9.98. The Kier molecular flexibility index (Phi) is 6.85. The van der Waals surface area contributed by atoms with Crippen LogP contribution in [-0.2, 0) is 16.0 Å². The molecule has 0 bridgehead atoms. The number of aliphatic carboxylic acids is 1. The minimum Gasteiger partial charge on any atom is -0.480 e. The molecule has 1 heterocycles. The average Bonchev–Trinajstić information content (AvgIpc) is 3.50. The molecule has 0 saturated carbocycles. The number of fused-ring (bicyclic) bond motifs is 3. The molecule has 4 aromatic rings. The van der Waals surface area contributed by atoms with E-state index in [1.165, 1.54) is 12.1 Å². The number of nitrogens with one attached hydrogen (secondary N) is 1. The van der Waals surface area contributed by atoms with E-state index in [9.17, 15) is 24.8 Å². The van der Waals surface area contributed by atoms with Crippen LogP contribution in [0.2, 0.25) is 5.02 Å². The Morgan fingerprint density at radius 3 is 2.32 bits per heavy atom. The zero-order valence-electron chi connectivity index (χ0n) is 19.8. The highest BCUT2D eigenvalue weighted by molar-refractivity contribution is 6.32. The third-order valence-corrected chi connectivity index (χ3v) is 6.75. The number of nitro benzene ring substituents is 1. The quantitative estimate of drug-likeness (QED) is 0.209. The fourth-order valence-corrected chi connectivity index (χ4v) is 4.82. The van der Waals surface area contributed by atoms with Crippen LogP contribution < -0.4 is 5.32 Å². The molecule has 38 heavy (non-hydrogen) atoms. The van der Waals surface area contributed by atoms with Crippen LogP contribution in [0.1, 0.15) is 22.8 Å². The van der Waals surface area contributed by atoms with Crippen molar-refractivity contribution in [1.82, 2.24) is 5.32 Å². The van der Waals surface area contributed by atoms with E-state index >= 15 is 0 Å². The Morgan fingerprint density at radius 2 is 1.68 bits per heavy atom. The Labute approximate surface area is 221 Å². The summed E-state index contributed by atoms with van der Waals surface area (Å²) in [6, 6.07) is 21.8. The van der Waals surface area contributed by atoms with Crippen molar-refractivity contribution in [2.75, 3.05) is 6.61 Å². The smallest absolute Gasteiger partial charge is 0.407 e. The third kappa shape index (κ3) is 4.96. The molecule has 0 saturated heterocycles. The van der Waals surface area contributed by atoms with E-state index in [4.69, 9.17) is 20.8 Å². The van der Waals surface area contributed by atoms with Crippen LogP contribution in [0.15, 0.2) is 83.3 Å². The monoisotopic (exact) mass is 532 g/mol. The molecule has 0 radical (unpaired) electrons. The summed E-state index contributed by atoms with van der Waals surface area (Å²) in [7, 11) is 0. The molecule has 0 fully saturated rings. The summed E-state index contributed by atoms with van der Waals surface area (Å²) in [5.41, 5.74) is 4.38. The zero-order chi connectivity index (χ0) is 26.8. The zero-order valence-corrected chi connectivity index (χ0v) is 20.6. The van der Waals surface area contributed by atoms with E-state index < -0.39 is 23.0 Å². The van der Waals surface area contributed by atoms with E-state index in [2.05, 4.69) is 5.32 Å². The summed E-state index contributed by atoms with van der Waals surface area (Å²) in [5, 5.41) is 23.2. The maximum absolute atomic E-state index is 12.6. The second-order valence-electron chi connectivity index (χ2n) is 8.75. The lowest BCUT2D eigenvalue weighted by Gasteiger charge is -2.17. The fourth-order valence-electron chi connectivity index (χ4n) is 4.63. The third-order valence-electron chi connectivity index (χ3n) is 6.43. The van der Waals surface area contributed by atoms with Crippen LogP contribution in [0, 0.1) is 10.1 Å². The van der Waals surface area contributed by atoms with Gasteiger partial charge in [-0.3, -0.25) is 10.1 Å². The van der Waals surface area contributed by atoms with Crippen LogP contribution in [0.3, 0.4) is 0 Å². The Bertz CT molecular complexity index is 1500. The van der Waals surface area contributed by atoms with Gasteiger partial charge in [0.15, 0.2) is 0 Å². The number of nitrogens with zero attached hydrogens (tertiary/aromatic N) is 1. The van der Waals surface area contributed by atoms with E-state index in [0.717, 1.165) is 22.3 Å². The Morgan fingerprint density at radius 1 is 1.03 bits per heavy atom. The minimum atomic E-state index is -1.32. The topological polar surface area (TPSA) is 132 Å². The summed E-state index contributed by atoms with van der Waals surface area (Å²) < 4.78 is 11.2. The first-order valence-electron chi connectivity index (χ1n) is 11.7. The number of ether oxygens (including phenoxy) is 1. The number of furan rings is 1. The highest BCUT2D eigenvalue weighted by Crippen LogP contribution is 2.44. The highest BCUT2D eigenvalue weighted by atomic mass is 35.5. The van der Waals surface area contributed by atoms with Crippen molar-refractivity contribution in [2.45, 2.75) is 18.4 Å². The first kappa shape index (κ1) is 25.0. The normalized spacial score (nSPS) is 12.9. The van der Waals surface area contributed by atoms with Gasteiger partial charge in [0.2, 0.25) is 0 Å². The molecule has 0 spiro atoms. The summed E-state index contributed by atoms with van der Waals surface area (Å²) >= 11 is 5.86. The molecule has 0 aliphatic heterocycles. The molecule has 1 aromatic heterocycles. The maximum atomic E-state index is 12.6. The van der Waals surface area contributed by atoms with Gasteiger partial charge in [0.25, 0.3) is 5.69 Å². The molecular weight excluding hydrogens is 512 g/mol. The van der Waals surface area contributed by atoms with E-state index in [1.54, 1.807) is 18.2 Å². The van der Waals surface area contributed by atoms with Gasteiger partial charge in [-0.1, -0.05) is 60.1 Å². The van der Waals surface area contributed by atoms with Crippen molar-refractivity contribution in [1.29, 1.82) is 0 Å². The standard InChI is InChI=1S/C28H21ClN2O7/c29-23-11-9-16(13-25(23)31(35)36)26-12-10-17(38-26)14-24(27(32)33)30-28(34)37-15-22-20-7-3-1-5-18(20)19-6-2-4-8-21(19)22/h1-13,22,24H,14-15H2,(H,30,34)(H,32,33). The van der Waals surface area contributed by atoms with Crippen molar-refractivity contribution < 1.29 is 28.8 Å². The van der Waals surface area contributed by atoms with Crippen molar-refractivity contribution in [3.05, 3.63) is 111 Å². The van der Waals surface area contributed by atoms with Crippen LogP contribution in [0.4, 0.5) is 10.5 Å². The van der Waals surface area contributed by atoms with Gasteiger partial charge >= 0.3 is 12.1 Å². The lowest BCUT2D eigenvalue weighted by Crippen LogP contribution is -2.42. The van der Waals surface area contributed by atoms with Gasteiger partial charge in [0, 0.05) is 24.0 Å². The number of nitro groups is 1. The Balaban J connectivity index is 1.25. The van der Waals surface area contributed by atoms with E-state index in [0.29, 0.717) is 11.3 Å². The largest absolute Gasteiger partial charge is 0.480 e. The summed E-state index contributed by atoms with van der Waals surface area (Å²) in [6.45, 7) is 0.0481. The molecule has 5 rings (SSSR count).